The summed E-state index contributed by atoms with van der Waals surface area (Å²) in [6, 6.07) is 6.33. The van der Waals surface area contributed by atoms with Gasteiger partial charge in [-0.05, 0) is 42.1 Å². The molecule has 0 aliphatic carbocycles. The smallest absolute Gasteiger partial charge is 0.265 e. The number of halogens is 1. The normalized spacial score (nSPS) is 11.7. The number of benzene rings is 1. The number of aryl methyl sites for hydroxylation is 1. The Kier molecular flexibility index (Phi) is 6.03. The molecule has 24 heavy (non-hydrogen) atoms. The van der Waals surface area contributed by atoms with Gasteiger partial charge in [0.2, 0.25) is 10.0 Å². The van der Waals surface area contributed by atoms with E-state index in [2.05, 4.69) is 5.32 Å². The average Bonchev–Trinajstić information content (AvgIpc) is 2.96. The van der Waals surface area contributed by atoms with Crippen molar-refractivity contribution in [2.75, 3.05) is 18.4 Å². The summed E-state index contributed by atoms with van der Waals surface area (Å²) in [4.78, 5) is 12.9. The van der Waals surface area contributed by atoms with Crippen molar-refractivity contribution in [2.45, 2.75) is 25.7 Å². The second-order valence-electron chi connectivity index (χ2n) is 5.12. The van der Waals surface area contributed by atoms with E-state index < -0.39 is 10.0 Å². The van der Waals surface area contributed by atoms with Gasteiger partial charge in [-0.15, -0.1) is 11.3 Å². The van der Waals surface area contributed by atoms with Gasteiger partial charge in [0.1, 0.15) is 4.90 Å². The van der Waals surface area contributed by atoms with Crippen molar-refractivity contribution >= 4 is 44.6 Å². The summed E-state index contributed by atoms with van der Waals surface area (Å²) in [6.07, 6.45) is 0. The van der Waals surface area contributed by atoms with Crippen LogP contribution in [0.1, 0.15) is 29.1 Å². The molecule has 130 valence electrons. The van der Waals surface area contributed by atoms with Crippen LogP contribution in [0.3, 0.4) is 0 Å². The molecule has 8 heteroatoms. The van der Waals surface area contributed by atoms with Crippen LogP contribution in [0.15, 0.2) is 34.5 Å². The summed E-state index contributed by atoms with van der Waals surface area (Å²) in [5, 5.41) is 4.70. The number of nitrogens with zero attached hydrogens (tertiary/aromatic N) is 1. The lowest BCUT2D eigenvalue weighted by atomic mass is 10.2. The fraction of sp³-hybridized carbons (Fsp3) is 0.312. The van der Waals surface area contributed by atoms with E-state index in [-0.39, 0.29) is 15.8 Å². The molecule has 1 heterocycles. The molecule has 0 atom stereocenters. The number of carbonyl (C=O) groups excluding carboxylic acids is 1. The van der Waals surface area contributed by atoms with Gasteiger partial charge in [-0.25, -0.2) is 8.42 Å². The zero-order valence-electron chi connectivity index (χ0n) is 13.7. The van der Waals surface area contributed by atoms with Gasteiger partial charge in [-0.3, -0.25) is 4.79 Å². The maximum Gasteiger partial charge on any atom is 0.265 e. The second-order valence-corrected chi connectivity index (χ2v) is 8.35. The molecule has 1 aromatic heterocycles. The molecule has 1 amide bonds. The molecule has 0 saturated heterocycles. The number of amides is 1. The maximum absolute atomic E-state index is 12.7. The molecule has 1 N–H and O–H groups in total. The highest BCUT2D eigenvalue weighted by Crippen LogP contribution is 2.28. The fourth-order valence-corrected chi connectivity index (χ4v) is 5.05. The monoisotopic (exact) mass is 386 g/mol. The van der Waals surface area contributed by atoms with Gasteiger partial charge in [0.25, 0.3) is 5.91 Å². The third-order valence-electron chi connectivity index (χ3n) is 3.58. The molecule has 5 nitrogen and oxygen atoms in total. The molecule has 0 spiro atoms. The van der Waals surface area contributed by atoms with Crippen LogP contribution in [0.5, 0.6) is 0 Å². The number of hydrogen-bond acceptors (Lipinski definition) is 4. The minimum atomic E-state index is -3.70. The predicted octanol–water partition coefficient (Wildman–Crippen LogP) is 3.99. The highest BCUT2D eigenvalue weighted by atomic mass is 35.5. The summed E-state index contributed by atoms with van der Waals surface area (Å²) in [7, 11) is -3.70. The number of nitrogens with one attached hydrogen (secondary N) is 1. The van der Waals surface area contributed by atoms with Gasteiger partial charge in [0, 0.05) is 18.8 Å². The van der Waals surface area contributed by atoms with Crippen LogP contribution in [0.25, 0.3) is 0 Å². The number of anilines is 1. The Balaban J connectivity index is 2.36. The van der Waals surface area contributed by atoms with Crippen molar-refractivity contribution < 1.29 is 13.2 Å². The third-order valence-corrected chi connectivity index (χ3v) is 7.13. The van der Waals surface area contributed by atoms with E-state index >= 15 is 0 Å². The highest BCUT2D eigenvalue weighted by Gasteiger charge is 2.25. The molecule has 0 aliphatic rings. The van der Waals surface area contributed by atoms with Gasteiger partial charge in [0.05, 0.1) is 9.90 Å². The van der Waals surface area contributed by atoms with E-state index in [1.165, 1.54) is 27.8 Å². The lowest BCUT2D eigenvalue weighted by Crippen LogP contribution is -2.30. The third kappa shape index (κ3) is 3.80. The van der Waals surface area contributed by atoms with E-state index in [4.69, 9.17) is 11.6 Å². The van der Waals surface area contributed by atoms with Crippen molar-refractivity contribution in [1.29, 1.82) is 0 Å². The standard InChI is InChI=1S/C16H19ClN2O3S2/c1-4-19(5-2)24(21,22)14-10-12(6-7-13(14)17)18-16(20)15-11(3)8-9-23-15/h6-10H,4-5H2,1-3H3,(H,18,20). The van der Waals surface area contributed by atoms with Gasteiger partial charge in [-0.1, -0.05) is 25.4 Å². The lowest BCUT2D eigenvalue weighted by Gasteiger charge is -2.19. The minimum absolute atomic E-state index is 0.00596. The molecule has 2 rings (SSSR count). The summed E-state index contributed by atoms with van der Waals surface area (Å²) in [6.45, 7) is 6.07. The van der Waals surface area contributed by atoms with Crippen molar-refractivity contribution in [2.24, 2.45) is 0 Å². The van der Waals surface area contributed by atoms with Crippen LogP contribution in [0.4, 0.5) is 5.69 Å². The molecule has 0 saturated carbocycles. The molecular formula is C16H19ClN2O3S2. The van der Waals surface area contributed by atoms with Crippen molar-refractivity contribution in [1.82, 2.24) is 4.31 Å². The van der Waals surface area contributed by atoms with Gasteiger partial charge in [-0.2, -0.15) is 4.31 Å². The summed E-state index contributed by atoms with van der Waals surface area (Å²) in [5.41, 5.74) is 1.27. The fourth-order valence-electron chi connectivity index (χ4n) is 2.27. The van der Waals surface area contributed by atoms with Crippen LogP contribution in [0, 0.1) is 6.92 Å². The summed E-state index contributed by atoms with van der Waals surface area (Å²) < 4.78 is 26.7. The van der Waals surface area contributed by atoms with Crippen LogP contribution in [0.2, 0.25) is 5.02 Å². The first kappa shape index (κ1) is 18.9. The Labute approximate surface area is 151 Å². The topological polar surface area (TPSA) is 66.5 Å². The molecule has 0 bridgehead atoms. The second kappa shape index (κ2) is 7.65. The molecular weight excluding hydrogens is 368 g/mol. The predicted molar refractivity (Wildman–Crippen MR) is 98.6 cm³/mol. The van der Waals surface area contributed by atoms with Gasteiger partial charge < -0.3 is 5.32 Å². The number of thiophene rings is 1. The number of hydrogen-bond donors (Lipinski definition) is 1. The van der Waals surface area contributed by atoms with Crippen molar-refractivity contribution in [3.05, 3.63) is 45.1 Å². The minimum Gasteiger partial charge on any atom is -0.321 e. The van der Waals surface area contributed by atoms with E-state index in [0.717, 1.165) is 5.56 Å². The zero-order valence-corrected chi connectivity index (χ0v) is 16.1. The zero-order chi connectivity index (χ0) is 17.9. The Morgan fingerprint density at radius 3 is 2.46 bits per heavy atom. The quantitative estimate of drug-likeness (QED) is 0.816. The average molecular weight is 387 g/mol. The maximum atomic E-state index is 12.7. The van der Waals surface area contributed by atoms with Crippen LogP contribution in [-0.4, -0.2) is 31.7 Å². The Morgan fingerprint density at radius 2 is 1.92 bits per heavy atom. The van der Waals surface area contributed by atoms with E-state index in [1.807, 2.05) is 18.4 Å². The highest BCUT2D eigenvalue weighted by molar-refractivity contribution is 7.89. The van der Waals surface area contributed by atoms with E-state index in [9.17, 15) is 13.2 Å². The first-order chi connectivity index (χ1) is 11.3. The first-order valence-corrected chi connectivity index (χ1v) is 10.2. The number of carbonyl (C=O) groups is 1. The van der Waals surface area contributed by atoms with E-state index in [1.54, 1.807) is 19.9 Å². The lowest BCUT2D eigenvalue weighted by molar-refractivity contribution is 0.103. The Hall–Kier alpha value is -1.41. The molecule has 1 aromatic carbocycles. The molecule has 0 aliphatic heterocycles. The summed E-state index contributed by atoms with van der Waals surface area (Å²) in [5.74, 6) is -0.268. The van der Waals surface area contributed by atoms with Crippen LogP contribution in [-0.2, 0) is 10.0 Å². The van der Waals surface area contributed by atoms with Crippen LogP contribution >= 0.6 is 22.9 Å². The number of sulfonamides is 1. The number of rotatable bonds is 6. The van der Waals surface area contributed by atoms with Crippen molar-refractivity contribution in [3.63, 3.8) is 0 Å². The molecule has 0 unspecified atom stereocenters. The van der Waals surface area contributed by atoms with Gasteiger partial charge >= 0.3 is 0 Å². The summed E-state index contributed by atoms with van der Waals surface area (Å²) >= 11 is 7.42. The Bertz CT molecular complexity index is 843. The molecule has 0 radical (unpaired) electrons. The Morgan fingerprint density at radius 1 is 1.25 bits per heavy atom. The van der Waals surface area contributed by atoms with Crippen LogP contribution < -0.4 is 5.32 Å². The molecule has 0 fully saturated rings. The SMILES string of the molecule is CCN(CC)S(=O)(=O)c1cc(NC(=O)c2sccc2C)ccc1Cl. The van der Waals surface area contributed by atoms with Crippen molar-refractivity contribution in [3.8, 4) is 0 Å². The van der Waals surface area contributed by atoms with E-state index in [0.29, 0.717) is 23.7 Å². The molecule has 2 aromatic rings. The van der Waals surface area contributed by atoms with Gasteiger partial charge in [0.15, 0.2) is 0 Å². The first-order valence-electron chi connectivity index (χ1n) is 7.46. The largest absolute Gasteiger partial charge is 0.321 e.